The molecule has 9 aromatic carbocycles. The van der Waals surface area contributed by atoms with Gasteiger partial charge in [-0.1, -0.05) is 140 Å². The molecule has 0 fully saturated rings. The fraction of sp³-hybridized carbons (Fsp3) is 0. The van der Waals surface area contributed by atoms with Crippen LogP contribution in [0, 0.1) is 0 Å². The number of thiophene rings is 1. The lowest BCUT2D eigenvalue weighted by molar-refractivity contribution is 0.669. The highest BCUT2D eigenvalue weighted by molar-refractivity contribution is 7.26. The Labute approximate surface area is 322 Å². The van der Waals surface area contributed by atoms with E-state index in [2.05, 4.69) is 193 Å². The van der Waals surface area contributed by atoms with Crippen LogP contribution in [0.5, 0.6) is 0 Å². The lowest BCUT2D eigenvalue weighted by atomic mass is 9.98. The first-order valence-electron chi connectivity index (χ1n) is 18.7. The predicted octanol–water partition coefficient (Wildman–Crippen LogP) is 15.6. The van der Waals surface area contributed by atoms with Gasteiger partial charge >= 0.3 is 0 Å². The van der Waals surface area contributed by atoms with Crippen molar-refractivity contribution in [3.05, 3.63) is 200 Å². The van der Waals surface area contributed by atoms with E-state index >= 15 is 0 Å². The fourth-order valence-electron chi connectivity index (χ4n) is 8.20. The van der Waals surface area contributed by atoms with Gasteiger partial charge in [0.05, 0.1) is 0 Å². The Bertz CT molecular complexity index is 3190. The molecular weight excluding hydrogens is 687 g/mol. The maximum Gasteiger partial charge on any atom is 0.136 e. The molecular formula is C52H33NOS. The van der Waals surface area contributed by atoms with Crippen LogP contribution in [0.25, 0.3) is 86.3 Å². The van der Waals surface area contributed by atoms with Gasteiger partial charge in [-0.15, -0.1) is 11.3 Å². The van der Waals surface area contributed by atoms with Gasteiger partial charge in [-0.05, 0) is 105 Å². The van der Waals surface area contributed by atoms with Crippen molar-refractivity contribution in [1.82, 2.24) is 0 Å². The van der Waals surface area contributed by atoms with Crippen molar-refractivity contribution in [2.24, 2.45) is 0 Å². The van der Waals surface area contributed by atoms with Crippen molar-refractivity contribution >= 4 is 81.3 Å². The molecule has 0 aliphatic rings. The largest absolute Gasteiger partial charge is 0.456 e. The number of nitrogens with zero attached hydrogens (tertiary/aromatic N) is 1. The van der Waals surface area contributed by atoms with E-state index in [1.54, 1.807) is 0 Å². The zero-order chi connectivity index (χ0) is 36.3. The normalized spacial score (nSPS) is 11.6. The third kappa shape index (κ3) is 5.40. The van der Waals surface area contributed by atoms with E-state index in [0.717, 1.165) is 50.1 Å². The summed E-state index contributed by atoms with van der Waals surface area (Å²) in [5.74, 6) is 0. The van der Waals surface area contributed by atoms with Crippen molar-refractivity contribution in [3.8, 4) is 33.4 Å². The van der Waals surface area contributed by atoms with E-state index in [4.69, 9.17) is 4.42 Å². The summed E-state index contributed by atoms with van der Waals surface area (Å²) in [6.45, 7) is 0. The van der Waals surface area contributed by atoms with Gasteiger partial charge in [-0.25, -0.2) is 0 Å². The zero-order valence-corrected chi connectivity index (χ0v) is 30.6. The molecule has 0 N–H and O–H groups in total. The quantitative estimate of drug-likeness (QED) is 0.170. The van der Waals surface area contributed by atoms with E-state index in [9.17, 15) is 0 Å². The third-order valence-corrected chi connectivity index (χ3v) is 12.1. The molecule has 0 saturated heterocycles. The summed E-state index contributed by atoms with van der Waals surface area (Å²) < 4.78 is 8.96. The lowest BCUT2D eigenvalue weighted by Crippen LogP contribution is -2.10. The Morgan fingerprint density at radius 3 is 1.80 bits per heavy atom. The number of fused-ring (bicyclic) bond motifs is 8. The standard InChI is InChI=1S/C52H33NOS/c1-2-10-34(11-3-1)35-20-26-40(27-21-35)53(42-13-8-12-38(33-42)43-16-9-18-49-51(43)47-15-4-6-17-48(47)54-49)41-28-22-36(23-29-41)37-24-30-44-39(32-37)25-31-46-45-14-5-7-19-50(45)55-52(44)46/h1-33H. The van der Waals surface area contributed by atoms with E-state index in [0.29, 0.717) is 0 Å². The van der Waals surface area contributed by atoms with Crippen LogP contribution in [-0.4, -0.2) is 0 Å². The van der Waals surface area contributed by atoms with Crippen LogP contribution in [0.3, 0.4) is 0 Å². The predicted molar refractivity (Wildman–Crippen MR) is 235 cm³/mol. The molecule has 0 saturated carbocycles. The average Bonchev–Trinajstić information content (AvgIpc) is 3.84. The molecule has 3 heteroatoms. The van der Waals surface area contributed by atoms with Crippen LogP contribution in [0.15, 0.2) is 205 Å². The summed E-state index contributed by atoms with van der Waals surface area (Å²) in [4.78, 5) is 2.36. The number of hydrogen-bond donors (Lipinski definition) is 0. The van der Waals surface area contributed by atoms with E-state index in [-0.39, 0.29) is 0 Å². The van der Waals surface area contributed by atoms with Crippen LogP contribution >= 0.6 is 11.3 Å². The Hall–Kier alpha value is -6.94. The van der Waals surface area contributed by atoms with Crippen molar-refractivity contribution in [1.29, 1.82) is 0 Å². The van der Waals surface area contributed by atoms with Crippen LogP contribution in [0.1, 0.15) is 0 Å². The monoisotopic (exact) mass is 719 g/mol. The van der Waals surface area contributed by atoms with Gasteiger partial charge in [0, 0.05) is 48.0 Å². The molecule has 0 unspecified atom stereocenters. The molecule has 258 valence electrons. The van der Waals surface area contributed by atoms with Gasteiger partial charge in [0.2, 0.25) is 0 Å². The number of benzene rings is 9. The first-order valence-corrected chi connectivity index (χ1v) is 19.5. The maximum absolute atomic E-state index is 6.27. The summed E-state index contributed by atoms with van der Waals surface area (Å²) in [5, 5.41) is 7.51. The Balaban J connectivity index is 1.00. The van der Waals surface area contributed by atoms with Crippen LogP contribution in [-0.2, 0) is 0 Å². The zero-order valence-electron chi connectivity index (χ0n) is 29.8. The highest BCUT2D eigenvalue weighted by Gasteiger charge is 2.17. The molecule has 2 heterocycles. The van der Waals surface area contributed by atoms with Crippen LogP contribution in [0.2, 0.25) is 0 Å². The second kappa shape index (κ2) is 12.9. The van der Waals surface area contributed by atoms with Gasteiger partial charge in [-0.3, -0.25) is 0 Å². The summed E-state index contributed by atoms with van der Waals surface area (Å²) >= 11 is 1.88. The minimum absolute atomic E-state index is 0.898. The smallest absolute Gasteiger partial charge is 0.136 e. The summed E-state index contributed by atoms with van der Waals surface area (Å²) in [7, 11) is 0. The number of anilines is 3. The minimum Gasteiger partial charge on any atom is -0.456 e. The number of hydrogen-bond acceptors (Lipinski definition) is 3. The molecule has 0 aliphatic carbocycles. The lowest BCUT2D eigenvalue weighted by Gasteiger charge is -2.26. The number of para-hydroxylation sites is 1. The summed E-state index contributed by atoms with van der Waals surface area (Å²) in [6, 6.07) is 72.1. The van der Waals surface area contributed by atoms with Crippen molar-refractivity contribution in [2.45, 2.75) is 0 Å². The third-order valence-electron chi connectivity index (χ3n) is 10.9. The second-order valence-electron chi connectivity index (χ2n) is 14.1. The summed E-state index contributed by atoms with van der Waals surface area (Å²) in [5.41, 5.74) is 12.2. The molecule has 0 spiro atoms. The SMILES string of the molecule is c1ccc(-c2ccc(N(c3ccc(-c4ccc5c(ccc6c7ccccc7sc56)c4)cc3)c3cccc(-c4cccc5oc6ccccc6c45)c3)cc2)cc1. The van der Waals surface area contributed by atoms with Gasteiger partial charge in [0.25, 0.3) is 0 Å². The topological polar surface area (TPSA) is 16.4 Å². The minimum atomic E-state index is 0.898. The molecule has 0 aliphatic heterocycles. The molecule has 0 bridgehead atoms. The number of rotatable bonds is 6. The molecule has 0 atom stereocenters. The maximum atomic E-state index is 6.27. The average molecular weight is 720 g/mol. The molecule has 11 aromatic rings. The Morgan fingerprint density at radius 1 is 0.364 bits per heavy atom. The first kappa shape index (κ1) is 31.6. The summed E-state index contributed by atoms with van der Waals surface area (Å²) in [6.07, 6.45) is 0. The molecule has 55 heavy (non-hydrogen) atoms. The first-order chi connectivity index (χ1) is 27.2. The molecule has 0 radical (unpaired) electrons. The second-order valence-corrected chi connectivity index (χ2v) is 15.2. The Morgan fingerprint density at radius 2 is 0.982 bits per heavy atom. The van der Waals surface area contributed by atoms with Gasteiger partial charge in [0.1, 0.15) is 11.2 Å². The Kier molecular flexibility index (Phi) is 7.39. The highest BCUT2D eigenvalue weighted by atomic mass is 32.1. The fourth-order valence-corrected chi connectivity index (χ4v) is 9.44. The van der Waals surface area contributed by atoms with Crippen LogP contribution < -0.4 is 4.90 Å². The number of furan rings is 1. The van der Waals surface area contributed by atoms with Gasteiger partial charge < -0.3 is 9.32 Å². The molecule has 2 aromatic heterocycles. The highest BCUT2D eigenvalue weighted by Crippen LogP contribution is 2.43. The van der Waals surface area contributed by atoms with E-state index < -0.39 is 0 Å². The molecule has 0 amide bonds. The molecule has 2 nitrogen and oxygen atoms in total. The van der Waals surface area contributed by atoms with E-state index in [1.165, 1.54) is 53.2 Å². The van der Waals surface area contributed by atoms with Crippen molar-refractivity contribution in [2.75, 3.05) is 4.90 Å². The van der Waals surface area contributed by atoms with Crippen molar-refractivity contribution < 1.29 is 4.42 Å². The van der Waals surface area contributed by atoms with Gasteiger partial charge in [-0.2, -0.15) is 0 Å². The van der Waals surface area contributed by atoms with E-state index in [1.807, 2.05) is 23.5 Å². The van der Waals surface area contributed by atoms with Crippen molar-refractivity contribution in [3.63, 3.8) is 0 Å². The molecule has 11 rings (SSSR count). The van der Waals surface area contributed by atoms with Crippen LogP contribution in [0.4, 0.5) is 17.1 Å². The van der Waals surface area contributed by atoms with Gasteiger partial charge in [0.15, 0.2) is 0 Å².